The Balaban J connectivity index is 1.35. The first-order valence-electron chi connectivity index (χ1n) is 11.2. The molecular weight excluding hydrogens is 408 g/mol. The fourth-order valence-electron chi connectivity index (χ4n) is 3.66. The molecule has 2 aromatic carbocycles. The number of hydrogen-bond donors (Lipinski definition) is 1. The lowest BCUT2D eigenvalue weighted by molar-refractivity contribution is -0.134. The van der Waals surface area contributed by atoms with E-state index in [-0.39, 0.29) is 31.1 Å². The molecule has 0 aliphatic carbocycles. The summed E-state index contributed by atoms with van der Waals surface area (Å²) in [5, 5.41) is 3.00. The highest BCUT2D eigenvalue weighted by Crippen LogP contribution is 2.19. The lowest BCUT2D eigenvalue weighted by Crippen LogP contribution is -2.48. The van der Waals surface area contributed by atoms with Crippen LogP contribution in [0.2, 0.25) is 0 Å². The minimum Gasteiger partial charge on any atom is -0.494 e. The Hall–Kier alpha value is -3.22. The smallest absolute Gasteiger partial charge is 0.260 e. The van der Waals surface area contributed by atoms with E-state index in [4.69, 9.17) is 14.2 Å². The molecule has 1 heterocycles. The van der Waals surface area contributed by atoms with Crippen molar-refractivity contribution in [3.05, 3.63) is 54.1 Å². The third-order valence-electron chi connectivity index (χ3n) is 5.42. The average Bonchev–Trinajstić information content (AvgIpc) is 2.83. The summed E-state index contributed by atoms with van der Waals surface area (Å²) in [6.07, 6.45) is 2.29. The second-order valence-electron chi connectivity index (χ2n) is 7.67. The molecule has 1 saturated heterocycles. The minimum atomic E-state index is -0.164. The number of para-hydroxylation sites is 1. The van der Waals surface area contributed by atoms with Gasteiger partial charge < -0.3 is 24.4 Å². The van der Waals surface area contributed by atoms with Gasteiger partial charge in [0.05, 0.1) is 6.61 Å². The lowest BCUT2D eigenvalue weighted by atomic mass is 10.1. The normalized spacial score (nSPS) is 14.0. The van der Waals surface area contributed by atoms with Crippen molar-refractivity contribution in [2.75, 3.05) is 32.9 Å². The van der Waals surface area contributed by atoms with Crippen LogP contribution in [0.1, 0.15) is 32.3 Å². The zero-order chi connectivity index (χ0) is 22.8. The van der Waals surface area contributed by atoms with E-state index < -0.39 is 0 Å². The summed E-state index contributed by atoms with van der Waals surface area (Å²) < 4.78 is 16.7. The zero-order valence-corrected chi connectivity index (χ0v) is 18.8. The van der Waals surface area contributed by atoms with Crippen LogP contribution in [0, 0.1) is 0 Å². The van der Waals surface area contributed by atoms with Gasteiger partial charge in [-0.15, -0.1) is 0 Å². The van der Waals surface area contributed by atoms with Gasteiger partial charge in [0.25, 0.3) is 11.8 Å². The van der Waals surface area contributed by atoms with E-state index in [9.17, 15) is 9.59 Å². The number of amides is 2. The van der Waals surface area contributed by atoms with Crippen LogP contribution in [0.15, 0.2) is 48.5 Å². The van der Waals surface area contributed by atoms with Gasteiger partial charge in [0.15, 0.2) is 13.2 Å². The summed E-state index contributed by atoms with van der Waals surface area (Å²) in [5.41, 5.74) is 1.09. The fraction of sp³-hybridized carbons (Fsp3) is 0.440. The van der Waals surface area contributed by atoms with E-state index in [0.29, 0.717) is 38.3 Å². The van der Waals surface area contributed by atoms with E-state index in [2.05, 4.69) is 12.2 Å². The van der Waals surface area contributed by atoms with Gasteiger partial charge in [-0.2, -0.15) is 0 Å². The lowest BCUT2D eigenvalue weighted by Gasteiger charge is -2.32. The largest absolute Gasteiger partial charge is 0.494 e. The van der Waals surface area contributed by atoms with Crippen molar-refractivity contribution >= 4 is 11.8 Å². The summed E-state index contributed by atoms with van der Waals surface area (Å²) in [4.78, 5) is 26.5. The van der Waals surface area contributed by atoms with Gasteiger partial charge in [0.2, 0.25) is 0 Å². The van der Waals surface area contributed by atoms with Crippen LogP contribution in [-0.2, 0) is 16.0 Å². The molecule has 7 heteroatoms. The van der Waals surface area contributed by atoms with Crippen molar-refractivity contribution in [2.45, 2.75) is 39.2 Å². The molecule has 0 atom stereocenters. The number of aryl methyl sites for hydroxylation is 1. The number of carbonyl (C=O) groups excluding carboxylic acids is 2. The minimum absolute atomic E-state index is 0.0282. The Morgan fingerprint density at radius 3 is 2.22 bits per heavy atom. The summed E-state index contributed by atoms with van der Waals surface area (Å²) in [6.45, 7) is 5.78. The molecule has 1 aliphatic rings. The summed E-state index contributed by atoms with van der Waals surface area (Å²) in [7, 11) is 0. The molecule has 0 saturated carbocycles. The molecule has 0 bridgehead atoms. The van der Waals surface area contributed by atoms with Crippen LogP contribution in [0.3, 0.4) is 0 Å². The molecule has 2 amide bonds. The number of benzene rings is 2. The number of nitrogens with one attached hydrogen (secondary N) is 1. The van der Waals surface area contributed by atoms with Crippen LogP contribution in [0.25, 0.3) is 0 Å². The van der Waals surface area contributed by atoms with Crippen LogP contribution in [-0.4, -0.2) is 55.7 Å². The van der Waals surface area contributed by atoms with Crippen LogP contribution < -0.4 is 19.5 Å². The van der Waals surface area contributed by atoms with E-state index in [1.807, 2.05) is 43.3 Å². The highest BCUT2D eigenvalue weighted by atomic mass is 16.5. The second-order valence-corrected chi connectivity index (χ2v) is 7.67. The topological polar surface area (TPSA) is 77.1 Å². The fourth-order valence-corrected chi connectivity index (χ4v) is 3.66. The molecule has 172 valence electrons. The van der Waals surface area contributed by atoms with Gasteiger partial charge in [-0.25, -0.2) is 0 Å². The molecule has 0 unspecified atom stereocenters. The van der Waals surface area contributed by atoms with Crippen molar-refractivity contribution in [1.29, 1.82) is 0 Å². The van der Waals surface area contributed by atoms with Crippen molar-refractivity contribution in [2.24, 2.45) is 0 Å². The van der Waals surface area contributed by atoms with Gasteiger partial charge in [-0.3, -0.25) is 9.59 Å². The Kier molecular flexibility index (Phi) is 8.78. The SMILES string of the molecule is CCOc1ccc(OCC(=O)NC2CCN(C(=O)COc3ccccc3CC)CC2)cc1. The van der Waals surface area contributed by atoms with Crippen molar-refractivity contribution < 1.29 is 23.8 Å². The third kappa shape index (κ3) is 6.90. The number of ether oxygens (including phenoxy) is 3. The Bertz CT molecular complexity index is 876. The monoisotopic (exact) mass is 440 g/mol. The van der Waals surface area contributed by atoms with E-state index >= 15 is 0 Å². The maximum atomic E-state index is 12.5. The first-order valence-corrected chi connectivity index (χ1v) is 11.2. The molecule has 1 N–H and O–H groups in total. The van der Waals surface area contributed by atoms with Crippen molar-refractivity contribution in [1.82, 2.24) is 10.2 Å². The zero-order valence-electron chi connectivity index (χ0n) is 18.8. The quantitative estimate of drug-likeness (QED) is 0.614. The van der Waals surface area contributed by atoms with Crippen molar-refractivity contribution in [3.8, 4) is 17.2 Å². The highest BCUT2D eigenvalue weighted by molar-refractivity contribution is 5.79. The second kappa shape index (κ2) is 12.0. The van der Waals surface area contributed by atoms with Crippen molar-refractivity contribution in [3.63, 3.8) is 0 Å². The molecular formula is C25H32N2O5. The molecule has 0 spiro atoms. The maximum Gasteiger partial charge on any atom is 0.260 e. The first kappa shape index (κ1) is 23.4. The molecule has 0 aromatic heterocycles. The van der Waals surface area contributed by atoms with Gasteiger partial charge in [0, 0.05) is 19.1 Å². The van der Waals surface area contributed by atoms with Gasteiger partial charge in [-0.1, -0.05) is 25.1 Å². The molecule has 1 fully saturated rings. The first-order chi connectivity index (χ1) is 15.6. The number of hydrogen-bond acceptors (Lipinski definition) is 5. The maximum absolute atomic E-state index is 12.5. The van der Waals surface area contributed by atoms with E-state index in [0.717, 1.165) is 23.5 Å². The predicted molar refractivity (Wildman–Crippen MR) is 122 cm³/mol. The van der Waals surface area contributed by atoms with Gasteiger partial charge in [-0.05, 0) is 62.1 Å². The standard InChI is InChI=1S/C25H32N2O5/c1-3-19-7-5-6-8-23(19)32-18-25(29)27-15-13-20(14-16-27)26-24(28)17-31-22-11-9-21(10-12-22)30-4-2/h5-12,20H,3-4,13-18H2,1-2H3,(H,26,28). The average molecular weight is 441 g/mol. The Morgan fingerprint density at radius 1 is 0.906 bits per heavy atom. The van der Waals surface area contributed by atoms with E-state index in [1.165, 1.54) is 0 Å². The highest BCUT2D eigenvalue weighted by Gasteiger charge is 2.24. The molecule has 2 aromatic rings. The Labute approximate surface area is 189 Å². The third-order valence-corrected chi connectivity index (χ3v) is 5.42. The summed E-state index contributed by atoms with van der Waals surface area (Å²) in [5.74, 6) is 1.96. The molecule has 32 heavy (non-hydrogen) atoms. The molecule has 7 nitrogen and oxygen atoms in total. The number of carbonyl (C=O) groups is 2. The molecule has 3 rings (SSSR count). The van der Waals surface area contributed by atoms with E-state index in [1.54, 1.807) is 17.0 Å². The van der Waals surface area contributed by atoms with Crippen LogP contribution in [0.5, 0.6) is 17.2 Å². The number of rotatable bonds is 10. The Morgan fingerprint density at radius 2 is 1.56 bits per heavy atom. The van der Waals surface area contributed by atoms with Crippen LogP contribution >= 0.6 is 0 Å². The van der Waals surface area contributed by atoms with Crippen LogP contribution in [0.4, 0.5) is 0 Å². The van der Waals surface area contributed by atoms with Gasteiger partial charge in [0.1, 0.15) is 17.2 Å². The molecule has 0 radical (unpaired) electrons. The summed E-state index contributed by atoms with van der Waals surface area (Å²) >= 11 is 0. The number of likely N-dealkylation sites (tertiary alicyclic amines) is 1. The van der Waals surface area contributed by atoms with Gasteiger partial charge >= 0.3 is 0 Å². The molecule has 1 aliphatic heterocycles. The number of piperidine rings is 1. The summed E-state index contributed by atoms with van der Waals surface area (Å²) in [6, 6.07) is 15.0. The number of nitrogens with zero attached hydrogens (tertiary/aromatic N) is 1. The predicted octanol–water partition coefficient (Wildman–Crippen LogP) is 3.21.